The van der Waals surface area contributed by atoms with E-state index in [2.05, 4.69) is 32.4 Å². The third kappa shape index (κ3) is 4.14. The lowest BCUT2D eigenvalue weighted by molar-refractivity contribution is -0.127. The van der Waals surface area contributed by atoms with Gasteiger partial charge in [-0.25, -0.2) is 0 Å². The quantitative estimate of drug-likeness (QED) is 0.861. The number of hydrogen-bond acceptors (Lipinski definition) is 5. The molecule has 1 aliphatic heterocycles. The lowest BCUT2D eigenvalue weighted by Gasteiger charge is -2.38. The molecule has 6 heteroatoms. The first kappa shape index (κ1) is 17.2. The molecule has 1 aromatic carbocycles. The molecule has 2 aliphatic rings. The highest BCUT2D eigenvalue weighted by Gasteiger charge is 2.33. The molecule has 1 amide bonds. The number of rotatable bonds is 6. The number of hydrogen-bond donors (Lipinski definition) is 1. The van der Waals surface area contributed by atoms with Crippen LogP contribution in [0.4, 0.5) is 0 Å². The Balaban J connectivity index is 1.41. The highest BCUT2D eigenvalue weighted by Crippen LogP contribution is 2.26. The molecule has 4 rings (SSSR count). The van der Waals surface area contributed by atoms with Crippen LogP contribution in [0.15, 0.2) is 40.9 Å². The van der Waals surface area contributed by atoms with E-state index in [1.54, 1.807) is 0 Å². The van der Waals surface area contributed by atoms with Gasteiger partial charge in [0.25, 0.3) is 0 Å². The molecule has 0 radical (unpaired) electrons. The number of nitrogens with one attached hydrogen (secondary N) is 1. The monoisotopic (exact) mass is 354 g/mol. The summed E-state index contributed by atoms with van der Waals surface area (Å²) in [7, 11) is 0. The first-order chi connectivity index (χ1) is 12.7. The number of amides is 1. The average molecular weight is 354 g/mol. The number of benzene rings is 1. The number of piperazine rings is 1. The van der Waals surface area contributed by atoms with Crippen LogP contribution in [0.1, 0.15) is 35.9 Å². The van der Waals surface area contributed by atoms with Crippen LogP contribution in [0.2, 0.25) is 0 Å². The molecule has 2 aromatic rings. The molecular formula is C20H26N4O2. The summed E-state index contributed by atoms with van der Waals surface area (Å²) in [6.45, 7) is 6.30. The van der Waals surface area contributed by atoms with Crippen LogP contribution in [-0.4, -0.2) is 53.1 Å². The molecular weight excluding hydrogens is 328 g/mol. The van der Waals surface area contributed by atoms with Gasteiger partial charge in [0.05, 0.1) is 5.69 Å². The van der Waals surface area contributed by atoms with Gasteiger partial charge in [0.2, 0.25) is 5.91 Å². The number of nitrogens with zero attached hydrogens (tertiary/aromatic N) is 3. The number of carbonyl (C=O) groups excluding carboxylic acids is 1. The topological polar surface area (TPSA) is 61.6 Å². The molecule has 2 fully saturated rings. The van der Waals surface area contributed by atoms with Crippen molar-refractivity contribution in [3.05, 3.63) is 53.4 Å². The third-order valence-corrected chi connectivity index (χ3v) is 5.12. The lowest BCUT2D eigenvalue weighted by Crippen LogP contribution is -2.51. The zero-order valence-electron chi connectivity index (χ0n) is 15.2. The van der Waals surface area contributed by atoms with Crippen LogP contribution >= 0.6 is 0 Å². The van der Waals surface area contributed by atoms with Gasteiger partial charge in [-0.1, -0.05) is 35.5 Å². The second-order valence-electron chi connectivity index (χ2n) is 7.34. The fourth-order valence-corrected chi connectivity index (χ4v) is 3.57. The first-order valence-corrected chi connectivity index (χ1v) is 9.43. The summed E-state index contributed by atoms with van der Waals surface area (Å²) in [6.07, 6.45) is 2.22. The van der Waals surface area contributed by atoms with Crippen molar-refractivity contribution in [2.45, 2.75) is 38.4 Å². The molecule has 1 saturated carbocycles. The van der Waals surface area contributed by atoms with E-state index >= 15 is 0 Å². The summed E-state index contributed by atoms with van der Waals surface area (Å²) in [5.41, 5.74) is 2.05. The van der Waals surface area contributed by atoms with E-state index < -0.39 is 0 Å². The number of carbonyl (C=O) groups is 1. The SMILES string of the molecule is Cc1cc(CN2CCN([C@H](C(=O)NC3CC3)c3ccccc3)CC2)no1. The minimum absolute atomic E-state index is 0.138. The highest BCUT2D eigenvalue weighted by atomic mass is 16.5. The minimum atomic E-state index is -0.201. The van der Waals surface area contributed by atoms with Crippen LogP contribution in [0, 0.1) is 6.92 Å². The van der Waals surface area contributed by atoms with E-state index in [0.717, 1.165) is 62.6 Å². The first-order valence-electron chi connectivity index (χ1n) is 9.43. The average Bonchev–Trinajstić information content (AvgIpc) is 3.37. The van der Waals surface area contributed by atoms with E-state index in [-0.39, 0.29) is 11.9 Å². The third-order valence-electron chi connectivity index (χ3n) is 5.12. The van der Waals surface area contributed by atoms with Gasteiger partial charge in [-0.2, -0.15) is 0 Å². The van der Waals surface area contributed by atoms with Crippen LogP contribution in [0.25, 0.3) is 0 Å². The van der Waals surface area contributed by atoms with Crippen LogP contribution in [-0.2, 0) is 11.3 Å². The summed E-state index contributed by atoms with van der Waals surface area (Å²) in [4.78, 5) is 17.6. The van der Waals surface area contributed by atoms with Crippen molar-refractivity contribution >= 4 is 5.91 Å². The molecule has 6 nitrogen and oxygen atoms in total. The summed E-state index contributed by atoms with van der Waals surface area (Å²) in [5, 5.41) is 7.27. The molecule has 2 heterocycles. The second-order valence-corrected chi connectivity index (χ2v) is 7.34. The molecule has 1 aromatic heterocycles. The zero-order valence-corrected chi connectivity index (χ0v) is 15.2. The van der Waals surface area contributed by atoms with Gasteiger partial charge >= 0.3 is 0 Å². The van der Waals surface area contributed by atoms with Crippen molar-refractivity contribution in [2.24, 2.45) is 0 Å². The van der Waals surface area contributed by atoms with Gasteiger partial charge in [-0.3, -0.25) is 14.6 Å². The smallest absolute Gasteiger partial charge is 0.242 e. The minimum Gasteiger partial charge on any atom is -0.361 e. The molecule has 26 heavy (non-hydrogen) atoms. The van der Waals surface area contributed by atoms with Crippen molar-refractivity contribution in [2.75, 3.05) is 26.2 Å². The maximum absolute atomic E-state index is 12.9. The van der Waals surface area contributed by atoms with Crippen molar-refractivity contribution < 1.29 is 9.32 Å². The Morgan fingerprint density at radius 1 is 1.23 bits per heavy atom. The van der Waals surface area contributed by atoms with Crippen LogP contribution in [0.3, 0.4) is 0 Å². The Bertz CT molecular complexity index is 733. The van der Waals surface area contributed by atoms with Crippen molar-refractivity contribution in [3.8, 4) is 0 Å². The number of aromatic nitrogens is 1. The fourth-order valence-electron chi connectivity index (χ4n) is 3.57. The second kappa shape index (κ2) is 7.60. The van der Waals surface area contributed by atoms with E-state index in [1.165, 1.54) is 0 Å². The van der Waals surface area contributed by atoms with Gasteiger partial charge in [-0.05, 0) is 25.3 Å². The van der Waals surface area contributed by atoms with Gasteiger partial charge in [0, 0.05) is 44.8 Å². The zero-order chi connectivity index (χ0) is 17.9. The summed E-state index contributed by atoms with van der Waals surface area (Å²) in [5.74, 6) is 0.985. The summed E-state index contributed by atoms with van der Waals surface area (Å²) in [6, 6.07) is 12.3. The molecule has 1 N–H and O–H groups in total. The lowest BCUT2D eigenvalue weighted by atomic mass is 10.0. The Kier molecular flexibility index (Phi) is 5.04. The standard InChI is InChI=1S/C20H26N4O2/c1-15-13-18(22-26-15)14-23-9-11-24(12-10-23)19(16-5-3-2-4-6-16)20(25)21-17-7-8-17/h2-6,13,17,19H,7-12,14H2,1H3,(H,21,25)/t19-/m0/s1. The van der Waals surface area contributed by atoms with E-state index in [9.17, 15) is 4.79 Å². The summed E-state index contributed by atoms with van der Waals surface area (Å²) < 4.78 is 5.16. The number of aryl methyl sites for hydroxylation is 1. The van der Waals surface area contributed by atoms with Gasteiger partial charge in [0.1, 0.15) is 11.8 Å². The molecule has 0 spiro atoms. The highest BCUT2D eigenvalue weighted by molar-refractivity contribution is 5.83. The Labute approximate surface area is 154 Å². The van der Waals surface area contributed by atoms with E-state index in [4.69, 9.17) is 4.52 Å². The van der Waals surface area contributed by atoms with Crippen LogP contribution in [0.5, 0.6) is 0 Å². The fraction of sp³-hybridized carbons (Fsp3) is 0.500. The normalized spacial score (nSPS) is 20.0. The Morgan fingerprint density at radius 3 is 2.58 bits per heavy atom. The molecule has 0 unspecified atom stereocenters. The van der Waals surface area contributed by atoms with Gasteiger partial charge in [0.15, 0.2) is 0 Å². The van der Waals surface area contributed by atoms with Crippen molar-refractivity contribution in [1.29, 1.82) is 0 Å². The van der Waals surface area contributed by atoms with Crippen LogP contribution < -0.4 is 5.32 Å². The van der Waals surface area contributed by atoms with Gasteiger partial charge in [-0.15, -0.1) is 0 Å². The maximum atomic E-state index is 12.9. The van der Waals surface area contributed by atoms with E-state index in [0.29, 0.717) is 6.04 Å². The Morgan fingerprint density at radius 2 is 1.96 bits per heavy atom. The predicted octanol–water partition coefficient (Wildman–Crippen LogP) is 2.12. The molecule has 1 aliphatic carbocycles. The van der Waals surface area contributed by atoms with Crippen molar-refractivity contribution in [3.63, 3.8) is 0 Å². The van der Waals surface area contributed by atoms with Crippen molar-refractivity contribution in [1.82, 2.24) is 20.3 Å². The Hall–Kier alpha value is -2.18. The summed E-state index contributed by atoms with van der Waals surface area (Å²) >= 11 is 0. The van der Waals surface area contributed by atoms with Gasteiger partial charge < -0.3 is 9.84 Å². The molecule has 138 valence electrons. The molecule has 0 bridgehead atoms. The molecule has 1 atom stereocenters. The predicted molar refractivity (Wildman–Crippen MR) is 98.4 cm³/mol. The maximum Gasteiger partial charge on any atom is 0.242 e. The van der Waals surface area contributed by atoms with E-state index in [1.807, 2.05) is 31.2 Å². The largest absolute Gasteiger partial charge is 0.361 e. The molecule has 1 saturated heterocycles.